The van der Waals surface area contributed by atoms with Crippen LogP contribution in [0.1, 0.15) is 0 Å². The zero-order chi connectivity index (χ0) is 4.12. The van der Waals surface area contributed by atoms with Crippen molar-refractivity contribution < 1.29 is 19.8 Å². The van der Waals surface area contributed by atoms with Gasteiger partial charge in [-0.05, 0) is 0 Å². The van der Waals surface area contributed by atoms with Crippen LogP contribution in [0.25, 0.3) is 0 Å². The maximum absolute atomic E-state index is 7.64. The molecule has 2 nitrogen and oxygen atoms in total. The molecular weight excluding hydrogens is 288 g/mol. The molecule has 0 aliphatic heterocycles. The Morgan fingerprint density at radius 2 is 1.50 bits per heavy atom. The van der Waals surface area contributed by atoms with Crippen LogP contribution in [0.4, 0.5) is 0 Å². The SMILES string of the molecule is N#[C][Au][C]#N.[K]. The van der Waals surface area contributed by atoms with Crippen LogP contribution in [0.15, 0.2) is 0 Å². The van der Waals surface area contributed by atoms with E-state index in [1.165, 1.54) is 0 Å². The maximum Gasteiger partial charge on any atom is 0 e. The minimum absolute atomic E-state index is 0. The summed E-state index contributed by atoms with van der Waals surface area (Å²) in [5, 5.41) is 15.3. The van der Waals surface area contributed by atoms with Crippen molar-refractivity contribution >= 4 is 51.4 Å². The maximum atomic E-state index is 7.64. The van der Waals surface area contributed by atoms with Gasteiger partial charge in [-0.2, -0.15) is 0 Å². The predicted octanol–water partition coefficient (Wildman–Crippen LogP) is -0.350. The van der Waals surface area contributed by atoms with Gasteiger partial charge in [-0.25, -0.2) is 0 Å². The molecule has 0 rings (SSSR count). The van der Waals surface area contributed by atoms with Crippen molar-refractivity contribution in [2.24, 2.45) is 0 Å². The number of rotatable bonds is 0. The van der Waals surface area contributed by atoms with Crippen molar-refractivity contribution in [1.29, 1.82) is 10.5 Å². The van der Waals surface area contributed by atoms with E-state index in [9.17, 15) is 0 Å². The Morgan fingerprint density at radius 1 is 1.17 bits per heavy atom. The van der Waals surface area contributed by atoms with Crippen LogP contribution in [0.5, 0.6) is 0 Å². The van der Waals surface area contributed by atoms with E-state index in [4.69, 9.17) is 10.5 Å². The van der Waals surface area contributed by atoms with Crippen molar-refractivity contribution in [3.05, 3.63) is 0 Å². The Hall–Kier alpha value is 1.36. The zero-order valence-electron chi connectivity index (χ0n) is 3.20. The Morgan fingerprint density at radius 3 is 1.50 bits per heavy atom. The van der Waals surface area contributed by atoms with Gasteiger partial charge in [0.2, 0.25) is 0 Å². The second-order valence-corrected chi connectivity index (χ2v) is 1.72. The van der Waals surface area contributed by atoms with Crippen LogP contribution < -0.4 is 0 Å². The van der Waals surface area contributed by atoms with Gasteiger partial charge in [-0.3, -0.25) is 0 Å². The van der Waals surface area contributed by atoms with E-state index in [0.717, 1.165) is 0 Å². The summed E-state index contributed by atoms with van der Waals surface area (Å²) in [6, 6.07) is 0. The van der Waals surface area contributed by atoms with Crippen molar-refractivity contribution in [2.75, 3.05) is 0 Å². The van der Waals surface area contributed by atoms with E-state index in [1.807, 2.05) is 0 Å². The number of hydrogen-bond acceptors (Lipinski definition) is 2. The fourth-order valence-corrected chi connectivity index (χ4v) is 0.123. The molecule has 30 valence electrons. The second-order valence-electron chi connectivity index (χ2n) is 0.210. The smallest absolute Gasteiger partial charge is 0 e. The summed E-state index contributed by atoms with van der Waals surface area (Å²) < 4.78 is 3.51. The number of nitrogens with zero attached hydrogens (tertiary/aromatic N) is 2. The molecule has 0 spiro atoms. The molecule has 0 aliphatic carbocycles. The molecule has 0 bridgehead atoms. The third-order valence-electron chi connectivity index (χ3n) is 0.0674. The van der Waals surface area contributed by atoms with Gasteiger partial charge in [0.15, 0.2) is 0 Å². The standard InChI is InChI=1S/2CN.Au.K/c2*1-2;;. The minimum Gasteiger partial charge on any atom is 0 e. The fraction of sp³-hybridized carbons (Fsp3) is 0. The Bertz CT molecular complexity index is 76.7. The van der Waals surface area contributed by atoms with E-state index < -0.39 is 19.8 Å². The van der Waals surface area contributed by atoms with Crippen molar-refractivity contribution in [3.8, 4) is 8.57 Å². The first-order chi connectivity index (χ1) is 2.41. The average molecular weight is 288 g/mol. The summed E-state index contributed by atoms with van der Waals surface area (Å²) in [7, 11) is 0. The first-order valence-electron chi connectivity index (χ1n) is 0.749. The molecule has 0 saturated carbocycles. The third kappa shape index (κ3) is 9.02. The van der Waals surface area contributed by atoms with Gasteiger partial charge in [0, 0.05) is 51.4 Å². The Labute approximate surface area is 88.3 Å². The molecule has 0 atom stereocenters. The molecule has 0 amide bonds. The average Bonchev–Trinajstić information content (AvgIpc) is 1.41. The molecule has 0 N–H and O–H groups in total. The summed E-state index contributed by atoms with van der Waals surface area (Å²) in [4.78, 5) is 0. The molecule has 4 heteroatoms. The molecule has 0 heterocycles. The summed E-state index contributed by atoms with van der Waals surface area (Å²) in [5.41, 5.74) is 0. The van der Waals surface area contributed by atoms with Crippen molar-refractivity contribution in [3.63, 3.8) is 0 Å². The number of nitriles is 2. The summed E-state index contributed by atoms with van der Waals surface area (Å²) in [5.74, 6) is 0. The predicted molar refractivity (Wildman–Crippen MR) is 17.0 cm³/mol. The molecule has 1 radical (unpaired) electrons. The van der Waals surface area contributed by atoms with Crippen LogP contribution >= 0.6 is 0 Å². The van der Waals surface area contributed by atoms with Crippen molar-refractivity contribution in [1.82, 2.24) is 0 Å². The topological polar surface area (TPSA) is 47.6 Å². The molecule has 0 fully saturated rings. The fourth-order valence-electron chi connectivity index (χ4n) is 0.0151. The molecule has 0 saturated heterocycles. The van der Waals surface area contributed by atoms with Gasteiger partial charge in [0.05, 0.1) is 0 Å². The molecule has 0 unspecified atom stereocenters. The first kappa shape index (κ1) is 10.4. The Kier molecular flexibility index (Phi) is 16.6. The summed E-state index contributed by atoms with van der Waals surface area (Å²) in [6.07, 6.45) is 0. The van der Waals surface area contributed by atoms with E-state index in [1.54, 1.807) is 8.57 Å². The van der Waals surface area contributed by atoms with Gasteiger partial charge < -0.3 is 0 Å². The molecular formula is C2AuKN2. The minimum atomic E-state index is -0.670. The Balaban J connectivity index is 0. The monoisotopic (exact) mass is 288 g/mol. The normalized spacial score (nSPS) is 4.33. The number of hydrogen-bond donors (Lipinski definition) is 0. The van der Waals surface area contributed by atoms with Crippen molar-refractivity contribution in [2.45, 2.75) is 0 Å². The van der Waals surface area contributed by atoms with E-state index in [0.29, 0.717) is 0 Å². The summed E-state index contributed by atoms with van der Waals surface area (Å²) in [6.45, 7) is 0. The summed E-state index contributed by atoms with van der Waals surface area (Å²) >= 11 is -0.670. The van der Waals surface area contributed by atoms with Crippen LogP contribution in [-0.4, -0.2) is 51.4 Å². The van der Waals surface area contributed by atoms with Crippen LogP contribution in [-0.2, 0) is 19.8 Å². The molecule has 0 aromatic carbocycles. The van der Waals surface area contributed by atoms with Gasteiger partial charge >= 0.3 is 38.9 Å². The molecule has 0 aliphatic rings. The van der Waals surface area contributed by atoms with E-state index in [2.05, 4.69) is 0 Å². The molecule has 0 aromatic rings. The second kappa shape index (κ2) is 9.61. The van der Waals surface area contributed by atoms with Gasteiger partial charge in [0.25, 0.3) is 0 Å². The first-order valence-corrected chi connectivity index (χ1v) is 2.92. The third-order valence-corrected chi connectivity index (χ3v) is 0.552. The van der Waals surface area contributed by atoms with Crippen LogP contribution in [0.3, 0.4) is 0 Å². The van der Waals surface area contributed by atoms with Crippen LogP contribution in [0, 0.1) is 19.1 Å². The van der Waals surface area contributed by atoms with Crippen LogP contribution in [0.2, 0.25) is 0 Å². The molecule has 0 aromatic heterocycles. The van der Waals surface area contributed by atoms with E-state index >= 15 is 0 Å². The quantitative estimate of drug-likeness (QED) is 0.572. The molecule has 6 heavy (non-hydrogen) atoms. The van der Waals surface area contributed by atoms with Gasteiger partial charge in [-0.1, -0.05) is 0 Å². The zero-order valence-corrected chi connectivity index (χ0v) is 8.49. The van der Waals surface area contributed by atoms with Gasteiger partial charge in [-0.15, -0.1) is 0 Å². The van der Waals surface area contributed by atoms with E-state index in [-0.39, 0.29) is 51.4 Å². The van der Waals surface area contributed by atoms with Gasteiger partial charge in [0.1, 0.15) is 0 Å². The largest absolute Gasteiger partial charge is 0 e.